The van der Waals surface area contributed by atoms with Crippen LogP contribution in [0.2, 0.25) is 0 Å². The quantitative estimate of drug-likeness (QED) is 0.511. The highest BCUT2D eigenvalue weighted by atomic mass is 32.2. The van der Waals surface area contributed by atoms with Crippen molar-refractivity contribution < 1.29 is 24.0 Å². The van der Waals surface area contributed by atoms with Gasteiger partial charge in [0.05, 0.1) is 5.75 Å². The zero-order chi connectivity index (χ0) is 18.2. The minimum atomic E-state index is -1.19. The topological polar surface area (TPSA) is 122 Å². The number of anilines is 2. The minimum Gasteiger partial charge on any atom is -0.478 e. The van der Waals surface area contributed by atoms with Gasteiger partial charge < -0.3 is 20.3 Å². The number of nitrogens with zero attached hydrogens (tertiary/aromatic N) is 1. The molecule has 1 heterocycles. The molecule has 130 valence electrons. The first-order valence-electron chi connectivity index (χ1n) is 7.10. The highest BCUT2D eigenvalue weighted by Gasteiger charge is 2.07. The van der Waals surface area contributed by atoms with E-state index >= 15 is 0 Å². The van der Waals surface area contributed by atoms with Crippen LogP contribution in [-0.2, 0) is 14.4 Å². The predicted molar refractivity (Wildman–Crippen MR) is 92.4 cm³/mol. The zero-order valence-corrected chi connectivity index (χ0v) is 14.0. The predicted octanol–water partition coefficient (Wildman–Crippen LogP) is 2.29. The molecule has 1 aromatic heterocycles. The van der Waals surface area contributed by atoms with Crippen LogP contribution in [0.4, 0.5) is 11.5 Å². The monoisotopic (exact) mass is 361 g/mol. The number of hydrogen-bond donors (Lipinski definition) is 3. The third-order valence-electron chi connectivity index (χ3n) is 2.76. The summed E-state index contributed by atoms with van der Waals surface area (Å²) >= 11 is 1.32. The summed E-state index contributed by atoms with van der Waals surface area (Å²) in [5, 5.41) is 17.3. The van der Waals surface area contributed by atoms with Gasteiger partial charge in [0.15, 0.2) is 5.82 Å². The van der Waals surface area contributed by atoms with Crippen LogP contribution < -0.4 is 10.6 Å². The Labute approximate surface area is 147 Å². The molecule has 25 heavy (non-hydrogen) atoms. The van der Waals surface area contributed by atoms with Crippen LogP contribution in [0.25, 0.3) is 0 Å². The number of hydrogen-bond acceptors (Lipinski definition) is 6. The Bertz CT molecular complexity index is 798. The maximum Gasteiger partial charge on any atom is 0.328 e. The van der Waals surface area contributed by atoms with Gasteiger partial charge in [-0.15, -0.1) is 11.8 Å². The van der Waals surface area contributed by atoms with E-state index in [-0.39, 0.29) is 11.7 Å². The van der Waals surface area contributed by atoms with Gasteiger partial charge in [0.25, 0.3) is 0 Å². The van der Waals surface area contributed by atoms with Crippen molar-refractivity contribution in [3.63, 3.8) is 0 Å². The number of carboxylic acids is 1. The summed E-state index contributed by atoms with van der Waals surface area (Å²) in [4.78, 5) is 34.4. The molecule has 0 aliphatic heterocycles. The van der Waals surface area contributed by atoms with E-state index in [0.29, 0.717) is 17.3 Å². The molecular formula is C16H15N3O5S. The van der Waals surface area contributed by atoms with E-state index in [1.54, 1.807) is 37.3 Å². The molecule has 0 fully saturated rings. The van der Waals surface area contributed by atoms with E-state index in [4.69, 9.17) is 9.63 Å². The summed E-state index contributed by atoms with van der Waals surface area (Å²) in [6.45, 7) is 1.73. The van der Waals surface area contributed by atoms with E-state index < -0.39 is 11.9 Å². The Morgan fingerprint density at radius 2 is 1.92 bits per heavy atom. The van der Waals surface area contributed by atoms with E-state index in [2.05, 4.69) is 15.8 Å². The van der Waals surface area contributed by atoms with Gasteiger partial charge in [-0.3, -0.25) is 9.59 Å². The minimum absolute atomic E-state index is 0.193. The van der Waals surface area contributed by atoms with Gasteiger partial charge in [-0.05, 0) is 31.2 Å². The van der Waals surface area contributed by atoms with Crippen LogP contribution >= 0.6 is 11.8 Å². The highest BCUT2D eigenvalue weighted by molar-refractivity contribution is 8.00. The number of carbonyl (C=O) groups is 3. The van der Waals surface area contributed by atoms with Crippen LogP contribution in [0.3, 0.4) is 0 Å². The second kappa shape index (κ2) is 8.69. The first-order chi connectivity index (χ1) is 11.9. The summed E-state index contributed by atoms with van der Waals surface area (Å²) in [5.41, 5.74) is 0.520. The average Bonchev–Trinajstić information content (AvgIpc) is 2.97. The third kappa shape index (κ3) is 6.51. The number of carbonyl (C=O) groups excluding carboxylic acids is 2. The number of amides is 2. The van der Waals surface area contributed by atoms with Crippen molar-refractivity contribution >= 4 is 41.1 Å². The van der Waals surface area contributed by atoms with Crippen molar-refractivity contribution in [2.75, 3.05) is 16.4 Å². The first-order valence-corrected chi connectivity index (χ1v) is 8.09. The molecule has 0 radical (unpaired) electrons. The van der Waals surface area contributed by atoms with Gasteiger partial charge in [-0.1, -0.05) is 5.16 Å². The number of carboxylic acid groups (broad SMARTS) is 1. The SMILES string of the molecule is Cc1cc(NC(=O)CSc2ccc(NC(=O)/C=C/C(=O)O)cc2)no1. The number of nitrogens with one attached hydrogen (secondary N) is 2. The Morgan fingerprint density at radius 1 is 1.20 bits per heavy atom. The summed E-state index contributed by atoms with van der Waals surface area (Å²) in [7, 11) is 0. The number of rotatable bonds is 7. The second-order valence-electron chi connectivity index (χ2n) is 4.84. The third-order valence-corrected chi connectivity index (χ3v) is 3.78. The fourth-order valence-electron chi connectivity index (χ4n) is 1.72. The Morgan fingerprint density at radius 3 is 2.52 bits per heavy atom. The van der Waals surface area contributed by atoms with Crippen molar-refractivity contribution in [1.29, 1.82) is 0 Å². The molecule has 0 bridgehead atoms. The van der Waals surface area contributed by atoms with Crippen LogP contribution in [0, 0.1) is 6.92 Å². The lowest BCUT2D eigenvalue weighted by Gasteiger charge is -2.05. The largest absolute Gasteiger partial charge is 0.478 e. The molecule has 0 unspecified atom stereocenters. The summed E-state index contributed by atoms with van der Waals surface area (Å²) in [6.07, 6.45) is 1.69. The molecule has 9 heteroatoms. The van der Waals surface area contributed by atoms with Crippen molar-refractivity contribution in [2.24, 2.45) is 0 Å². The number of thioether (sulfide) groups is 1. The molecule has 0 aliphatic carbocycles. The Hall–Kier alpha value is -3.07. The molecule has 2 amide bonds. The molecule has 2 aromatic rings. The number of aromatic nitrogens is 1. The van der Waals surface area contributed by atoms with E-state index in [0.717, 1.165) is 17.0 Å². The van der Waals surface area contributed by atoms with Gasteiger partial charge >= 0.3 is 5.97 Å². The summed E-state index contributed by atoms with van der Waals surface area (Å²) in [6, 6.07) is 8.43. The number of aryl methyl sites for hydroxylation is 1. The molecule has 0 spiro atoms. The molecule has 0 saturated heterocycles. The standard InChI is InChI=1S/C16H15N3O5S/c1-10-8-13(19-24-10)18-15(21)9-25-12-4-2-11(3-5-12)17-14(20)6-7-16(22)23/h2-8H,9H2,1H3,(H,17,20)(H,22,23)(H,18,19,21)/b7-6+. The van der Waals surface area contributed by atoms with Crippen LogP contribution in [0.5, 0.6) is 0 Å². The van der Waals surface area contributed by atoms with Gasteiger partial charge in [0, 0.05) is 28.8 Å². The molecule has 3 N–H and O–H groups in total. The number of aliphatic carboxylic acids is 1. The Kier molecular flexibility index (Phi) is 6.35. The van der Waals surface area contributed by atoms with Crippen molar-refractivity contribution in [2.45, 2.75) is 11.8 Å². The van der Waals surface area contributed by atoms with E-state index in [9.17, 15) is 14.4 Å². The van der Waals surface area contributed by atoms with E-state index in [1.807, 2.05) is 0 Å². The molecule has 0 aliphatic rings. The molecule has 2 rings (SSSR count). The summed E-state index contributed by atoms with van der Waals surface area (Å²) in [5.74, 6) is -0.770. The lowest BCUT2D eigenvalue weighted by Crippen LogP contribution is -2.14. The fourth-order valence-corrected chi connectivity index (χ4v) is 2.42. The molecule has 0 saturated carbocycles. The molecule has 8 nitrogen and oxygen atoms in total. The van der Waals surface area contributed by atoms with Gasteiger partial charge in [0.1, 0.15) is 5.76 Å². The molecular weight excluding hydrogens is 346 g/mol. The van der Waals surface area contributed by atoms with Gasteiger partial charge in [-0.2, -0.15) is 0 Å². The lowest BCUT2D eigenvalue weighted by atomic mass is 10.3. The maximum atomic E-state index is 11.8. The van der Waals surface area contributed by atoms with Crippen molar-refractivity contribution in [3.8, 4) is 0 Å². The average molecular weight is 361 g/mol. The summed E-state index contributed by atoms with van der Waals surface area (Å²) < 4.78 is 4.86. The highest BCUT2D eigenvalue weighted by Crippen LogP contribution is 2.20. The normalized spacial score (nSPS) is 10.6. The van der Waals surface area contributed by atoms with Crippen molar-refractivity contribution in [3.05, 3.63) is 48.2 Å². The van der Waals surface area contributed by atoms with Crippen LogP contribution in [-0.4, -0.2) is 33.8 Å². The second-order valence-corrected chi connectivity index (χ2v) is 5.89. The zero-order valence-electron chi connectivity index (χ0n) is 13.2. The van der Waals surface area contributed by atoms with Crippen LogP contribution in [0.15, 0.2) is 51.9 Å². The molecule has 0 atom stereocenters. The van der Waals surface area contributed by atoms with Gasteiger partial charge in [-0.25, -0.2) is 4.79 Å². The van der Waals surface area contributed by atoms with Crippen LogP contribution in [0.1, 0.15) is 5.76 Å². The lowest BCUT2D eigenvalue weighted by molar-refractivity contribution is -0.131. The first kappa shape index (κ1) is 18.3. The maximum absolute atomic E-state index is 11.8. The number of benzene rings is 1. The van der Waals surface area contributed by atoms with E-state index in [1.165, 1.54) is 11.8 Å². The van der Waals surface area contributed by atoms with Crippen molar-refractivity contribution in [1.82, 2.24) is 5.16 Å². The Balaban J connectivity index is 1.80. The van der Waals surface area contributed by atoms with Gasteiger partial charge in [0.2, 0.25) is 11.8 Å². The smallest absolute Gasteiger partial charge is 0.328 e. The molecule has 1 aromatic carbocycles. The fraction of sp³-hybridized carbons (Fsp3) is 0.125.